The normalized spacial score (nSPS) is 22.6. The van der Waals surface area contributed by atoms with Gasteiger partial charge < -0.3 is 14.6 Å². The van der Waals surface area contributed by atoms with Gasteiger partial charge in [0.25, 0.3) is 0 Å². The zero-order valence-electron chi connectivity index (χ0n) is 9.27. The quantitative estimate of drug-likeness (QED) is 0.845. The van der Waals surface area contributed by atoms with Crippen molar-refractivity contribution in [2.75, 3.05) is 14.2 Å². The fraction of sp³-hybridized carbons (Fsp3) is 0.417. The SMILES string of the molecule is COc1ccc(C2C[C@@H]2C(=O)O)cc1OC. The van der Waals surface area contributed by atoms with E-state index in [1.165, 1.54) is 0 Å². The Morgan fingerprint density at radius 3 is 2.50 bits per heavy atom. The minimum Gasteiger partial charge on any atom is -0.493 e. The van der Waals surface area contributed by atoms with E-state index in [0.29, 0.717) is 17.9 Å². The summed E-state index contributed by atoms with van der Waals surface area (Å²) in [5, 5.41) is 8.86. The maximum atomic E-state index is 10.8. The third-order valence-electron chi connectivity index (χ3n) is 2.94. The molecule has 1 fully saturated rings. The summed E-state index contributed by atoms with van der Waals surface area (Å²) in [5.41, 5.74) is 1.00. The molecule has 0 aliphatic heterocycles. The molecular weight excluding hydrogens is 208 g/mol. The van der Waals surface area contributed by atoms with Crippen LogP contribution in [0.3, 0.4) is 0 Å². The van der Waals surface area contributed by atoms with E-state index in [0.717, 1.165) is 5.56 Å². The lowest BCUT2D eigenvalue weighted by Crippen LogP contribution is -1.99. The number of hydrogen-bond acceptors (Lipinski definition) is 3. The Labute approximate surface area is 93.8 Å². The molecule has 0 radical (unpaired) electrons. The molecule has 1 saturated carbocycles. The van der Waals surface area contributed by atoms with Crippen molar-refractivity contribution in [3.8, 4) is 11.5 Å². The molecule has 16 heavy (non-hydrogen) atoms. The molecule has 0 heterocycles. The molecule has 1 N–H and O–H groups in total. The third-order valence-corrected chi connectivity index (χ3v) is 2.94. The van der Waals surface area contributed by atoms with Crippen LogP contribution in [-0.2, 0) is 4.79 Å². The van der Waals surface area contributed by atoms with E-state index in [1.807, 2.05) is 18.2 Å². The highest BCUT2D eigenvalue weighted by atomic mass is 16.5. The first-order valence-corrected chi connectivity index (χ1v) is 5.12. The van der Waals surface area contributed by atoms with Gasteiger partial charge in [0.2, 0.25) is 0 Å². The molecule has 1 unspecified atom stereocenters. The second kappa shape index (κ2) is 4.04. The summed E-state index contributed by atoms with van der Waals surface area (Å²) in [6.45, 7) is 0. The van der Waals surface area contributed by atoms with Gasteiger partial charge in [-0.25, -0.2) is 0 Å². The van der Waals surface area contributed by atoms with Crippen LogP contribution in [-0.4, -0.2) is 25.3 Å². The highest BCUT2D eigenvalue weighted by molar-refractivity contribution is 5.75. The van der Waals surface area contributed by atoms with Crippen LogP contribution in [0.1, 0.15) is 17.9 Å². The number of benzene rings is 1. The van der Waals surface area contributed by atoms with Crippen molar-refractivity contribution in [2.24, 2.45) is 5.92 Å². The lowest BCUT2D eigenvalue weighted by Gasteiger charge is -2.08. The molecule has 0 spiro atoms. The highest BCUT2D eigenvalue weighted by Gasteiger charge is 2.44. The van der Waals surface area contributed by atoms with Gasteiger partial charge in [-0.2, -0.15) is 0 Å². The molecule has 1 aliphatic carbocycles. The van der Waals surface area contributed by atoms with Crippen LogP contribution in [0, 0.1) is 5.92 Å². The van der Waals surface area contributed by atoms with Crippen molar-refractivity contribution < 1.29 is 19.4 Å². The number of hydrogen-bond donors (Lipinski definition) is 1. The Morgan fingerprint density at radius 1 is 1.31 bits per heavy atom. The van der Waals surface area contributed by atoms with E-state index < -0.39 is 5.97 Å². The fourth-order valence-corrected chi connectivity index (χ4v) is 1.92. The van der Waals surface area contributed by atoms with Crippen LogP contribution < -0.4 is 9.47 Å². The fourth-order valence-electron chi connectivity index (χ4n) is 1.92. The van der Waals surface area contributed by atoms with E-state index in [1.54, 1.807) is 14.2 Å². The standard InChI is InChI=1S/C12H14O4/c1-15-10-4-3-7(5-11(10)16-2)8-6-9(8)12(13)14/h3-5,8-9H,6H2,1-2H3,(H,13,14)/t8?,9-/m0/s1. The summed E-state index contributed by atoms with van der Waals surface area (Å²) in [7, 11) is 3.15. The number of carboxylic acids is 1. The first-order chi connectivity index (χ1) is 7.67. The first kappa shape index (κ1) is 10.8. The van der Waals surface area contributed by atoms with Gasteiger partial charge in [-0.15, -0.1) is 0 Å². The van der Waals surface area contributed by atoms with Gasteiger partial charge in [-0.3, -0.25) is 4.79 Å². The van der Waals surface area contributed by atoms with E-state index in [4.69, 9.17) is 14.6 Å². The minimum atomic E-state index is -0.722. The van der Waals surface area contributed by atoms with Gasteiger partial charge in [0.05, 0.1) is 20.1 Å². The topological polar surface area (TPSA) is 55.8 Å². The predicted molar refractivity (Wildman–Crippen MR) is 58.0 cm³/mol. The van der Waals surface area contributed by atoms with Gasteiger partial charge in [0, 0.05) is 0 Å². The van der Waals surface area contributed by atoms with Crippen LogP contribution in [0.15, 0.2) is 18.2 Å². The lowest BCUT2D eigenvalue weighted by molar-refractivity contribution is -0.138. The van der Waals surface area contributed by atoms with Crippen LogP contribution in [0.25, 0.3) is 0 Å². The average molecular weight is 222 g/mol. The Kier molecular flexibility index (Phi) is 2.73. The Balaban J connectivity index is 2.21. The molecule has 1 aliphatic rings. The lowest BCUT2D eigenvalue weighted by atomic mass is 10.1. The summed E-state index contributed by atoms with van der Waals surface area (Å²) in [6, 6.07) is 5.56. The van der Waals surface area contributed by atoms with Crippen LogP contribution in [0.2, 0.25) is 0 Å². The minimum absolute atomic E-state index is 0.123. The van der Waals surface area contributed by atoms with Gasteiger partial charge >= 0.3 is 5.97 Å². The smallest absolute Gasteiger partial charge is 0.307 e. The average Bonchev–Trinajstić information content (AvgIpc) is 3.08. The Morgan fingerprint density at radius 2 is 2.00 bits per heavy atom. The Bertz CT molecular complexity index is 413. The van der Waals surface area contributed by atoms with Crippen molar-refractivity contribution in [3.05, 3.63) is 23.8 Å². The maximum absolute atomic E-state index is 10.8. The zero-order valence-corrected chi connectivity index (χ0v) is 9.27. The molecule has 0 aromatic heterocycles. The summed E-state index contributed by atoms with van der Waals surface area (Å²) in [6.07, 6.45) is 0.713. The number of carbonyl (C=O) groups is 1. The molecular formula is C12H14O4. The molecule has 1 aromatic carbocycles. The van der Waals surface area contributed by atoms with Crippen molar-refractivity contribution in [3.63, 3.8) is 0 Å². The molecule has 0 bridgehead atoms. The van der Waals surface area contributed by atoms with Gasteiger partial charge in [0.15, 0.2) is 11.5 Å². The summed E-state index contributed by atoms with van der Waals surface area (Å²) < 4.78 is 10.3. The summed E-state index contributed by atoms with van der Waals surface area (Å²) in [4.78, 5) is 10.8. The number of ether oxygens (including phenoxy) is 2. The number of aliphatic carboxylic acids is 1. The number of carboxylic acid groups (broad SMARTS) is 1. The van der Waals surface area contributed by atoms with Crippen molar-refractivity contribution in [1.82, 2.24) is 0 Å². The van der Waals surface area contributed by atoms with E-state index >= 15 is 0 Å². The number of rotatable bonds is 4. The van der Waals surface area contributed by atoms with Gasteiger partial charge in [-0.05, 0) is 30.0 Å². The predicted octanol–water partition coefficient (Wildman–Crippen LogP) is 1.89. The summed E-state index contributed by atoms with van der Waals surface area (Å²) >= 11 is 0. The van der Waals surface area contributed by atoms with E-state index in [9.17, 15) is 4.79 Å². The second-order valence-corrected chi connectivity index (χ2v) is 3.90. The third kappa shape index (κ3) is 1.83. The van der Waals surface area contributed by atoms with Crippen LogP contribution in [0.5, 0.6) is 11.5 Å². The van der Waals surface area contributed by atoms with Gasteiger partial charge in [-0.1, -0.05) is 6.07 Å². The van der Waals surface area contributed by atoms with Crippen LogP contribution in [0.4, 0.5) is 0 Å². The molecule has 0 saturated heterocycles. The van der Waals surface area contributed by atoms with Gasteiger partial charge in [0.1, 0.15) is 0 Å². The number of methoxy groups -OCH3 is 2. The Hall–Kier alpha value is -1.71. The zero-order chi connectivity index (χ0) is 11.7. The van der Waals surface area contributed by atoms with Crippen LogP contribution >= 0.6 is 0 Å². The largest absolute Gasteiger partial charge is 0.493 e. The monoisotopic (exact) mass is 222 g/mol. The molecule has 4 heteroatoms. The molecule has 86 valence electrons. The van der Waals surface area contributed by atoms with E-state index in [-0.39, 0.29) is 11.8 Å². The highest BCUT2D eigenvalue weighted by Crippen LogP contribution is 2.49. The first-order valence-electron chi connectivity index (χ1n) is 5.12. The molecule has 4 nitrogen and oxygen atoms in total. The molecule has 2 rings (SSSR count). The second-order valence-electron chi connectivity index (χ2n) is 3.90. The molecule has 1 aromatic rings. The van der Waals surface area contributed by atoms with E-state index in [2.05, 4.69) is 0 Å². The summed E-state index contributed by atoms with van der Waals surface area (Å²) in [5.74, 6) is 0.477. The van der Waals surface area contributed by atoms with Crippen molar-refractivity contribution in [1.29, 1.82) is 0 Å². The molecule has 2 atom stereocenters. The van der Waals surface area contributed by atoms with Crippen molar-refractivity contribution in [2.45, 2.75) is 12.3 Å². The molecule has 0 amide bonds. The maximum Gasteiger partial charge on any atom is 0.307 e. The van der Waals surface area contributed by atoms with Crippen molar-refractivity contribution >= 4 is 5.97 Å².